The number of rotatable bonds is 4. The Morgan fingerprint density at radius 1 is 1.41 bits per heavy atom. The third-order valence-corrected chi connectivity index (χ3v) is 4.22. The highest BCUT2D eigenvalue weighted by Crippen LogP contribution is 2.28. The number of nitrogens with zero attached hydrogens (tertiary/aromatic N) is 5. The monoisotopic (exact) mass is 320 g/mol. The summed E-state index contributed by atoms with van der Waals surface area (Å²) in [5.41, 5.74) is 5.56. The maximum Gasteiger partial charge on any atom is 0.250 e. The molecule has 7 nitrogen and oxygen atoms in total. The summed E-state index contributed by atoms with van der Waals surface area (Å²) in [6.07, 6.45) is 7.13. The predicted octanol–water partition coefficient (Wildman–Crippen LogP) is 1.34. The topological polar surface area (TPSA) is 89.9 Å². The molecule has 0 saturated carbocycles. The van der Waals surface area contributed by atoms with Crippen molar-refractivity contribution in [3.8, 4) is 0 Å². The maximum absolute atomic E-state index is 11.1. The SMILES string of the molecule is NC(=O)c1cnc(N2CCC(Cn3ccnn3)CC2)c(Cl)c1. The number of aromatic nitrogens is 4. The second kappa shape index (κ2) is 6.31. The van der Waals surface area contributed by atoms with Crippen molar-refractivity contribution in [1.82, 2.24) is 20.0 Å². The van der Waals surface area contributed by atoms with E-state index in [1.165, 1.54) is 6.20 Å². The van der Waals surface area contributed by atoms with E-state index in [-0.39, 0.29) is 0 Å². The lowest BCUT2D eigenvalue weighted by molar-refractivity contribution is 0.1000. The lowest BCUT2D eigenvalue weighted by atomic mass is 9.97. The molecule has 116 valence electrons. The molecule has 0 spiro atoms. The van der Waals surface area contributed by atoms with Gasteiger partial charge in [-0.1, -0.05) is 16.8 Å². The van der Waals surface area contributed by atoms with Gasteiger partial charge < -0.3 is 10.6 Å². The first-order valence-electron chi connectivity index (χ1n) is 7.18. The summed E-state index contributed by atoms with van der Waals surface area (Å²) in [6.45, 7) is 2.64. The number of carbonyl (C=O) groups is 1. The number of primary amides is 1. The van der Waals surface area contributed by atoms with Gasteiger partial charge in [-0.2, -0.15) is 0 Å². The van der Waals surface area contributed by atoms with Crippen LogP contribution in [0.5, 0.6) is 0 Å². The van der Waals surface area contributed by atoms with Gasteiger partial charge in [0.25, 0.3) is 0 Å². The minimum Gasteiger partial charge on any atom is -0.366 e. The van der Waals surface area contributed by atoms with Crippen LogP contribution in [-0.2, 0) is 6.54 Å². The van der Waals surface area contributed by atoms with E-state index in [0.717, 1.165) is 32.5 Å². The molecule has 3 heterocycles. The van der Waals surface area contributed by atoms with Crippen molar-refractivity contribution in [3.05, 3.63) is 35.2 Å². The van der Waals surface area contributed by atoms with Crippen molar-refractivity contribution in [2.75, 3.05) is 18.0 Å². The molecule has 0 unspecified atom stereocenters. The number of hydrogen-bond donors (Lipinski definition) is 1. The molecule has 1 amide bonds. The molecule has 2 aromatic heterocycles. The molecule has 0 atom stereocenters. The van der Waals surface area contributed by atoms with E-state index >= 15 is 0 Å². The summed E-state index contributed by atoms with van der Waals surface area (Å²) in [5, 5.41) is 8.29. The molecule has 0 aliphatic carbocycles. The van der Waals surface area contributed by atoms with Crippen LogP contribution in [0.15, 0.2) is 24.7 Å². The molecule has 1 fully saturated rings. The molecule has 1 saturated heterocycles. The first-order valence-corrected chi connectivity index (χ1v) is 7.55. The van der Waals surface area contributed by atoms with Crippen LogP contribution in [0.2, 0.25) is 5.02 Å². The van der Waals surface area contributed by atoms with Crippen molar-refractivity contribution < 1.29 is 4.79 Å². The molecule has 8 heteroatoms. The van der Waals surface area contributed by atoms with E-state index in [1.807, 2.05) is 10.9 Å². The van der Waals surface area contributed by atoms with E-state index in [2.05, 4.69) is 20.2 Å². The predicted molar refractivity (Wildman–Crippen MR) is 82.7 cm³/mol. The van der Waals surface area contributed by atoms with Crippen LogP contribution >= 0.6 is 11.6 Å². The zero-order valence-corrected chi connectivity index (χ0v) is 12.8. The van der Waals surface area contributed by atoms with Crippen LogP contribution in [0.25, 0.3) is 0 Å². The molecule has 0 bridgehead atoms. The zero-order chi connectivity index (χ0) is 15.5. The fraction of sp³-hybridized carbons (Fsp3) is 0.429. The first kappa shape index (κ1) is 14.8. The van der Waals surface area contributed by atoms with Crippen molar-refractivity contribution >= 4 is 23.3 Å². The number of carbonyl (C=O) groups excluding carboxylic acids is 1. The summed E-state index contributed by atoms with van der Waals surface area (Å²) in [7, 11) is 0. The Hall–Kier alpha value is -2.15. The maximum atomic E-state index is 11.1. The van der Waals surface area contributed by atoms with Crippen LogP contribution in [0, 0.1) is 5.92 Å². The smallest absolute Gasteiger partial charge is 0.250 e. The van der Waals surface area contributed by atoms with Crippen LogP contribution in [0.3, 0.4) is 0 Å². The van der Waals surface area contributed by atoms with Gasteiger partial charge in [0.05, 0.1) is 16.8 Å². The lowest BCUT2D eigenvalue weighted by Gasteiger charge is -2.33. The van der Waals surface area contributed by atoms with Gasteiger partial charge in [0.1, 0.15) is 5.82 Å². The highest BCUT2D eigenvalue weighted by Gasteiger charge is 2.22. The average Bonchev–Trinajstić information content (AvgIpc) is 3.01. The van der Waals surface area contributed by atoms with E-state index in [0.29, 0.717) is 22.3 Å². The number of piperidine rings is 1. The zero-order valence-electron chi connectivity index (χ0n) is 12.0. The van der Waals surface area contributed by atoms with Gasteiger partial charge in [-0.05, 0) is 24.8 Å². The van der Waals surface area contributed by atoms with Crippen LogP contribution in [0.4, 0.5) is 5.82 Å². The standard InChI is InChI=1S/C14H17ClN6O/c15-12-7-11(13(16)22)8-17-14(12)20-4-1-10(2-5-20)9-21-6-3-18-19-21/h3,6-8,10H,1-2,4-5,9H2,(H2,16,22). The Bertz CT molecular complexity index is 651. The molecule has 3 rings (SSSR count). The number of pyridine rings is 1. The van der Waals surface area contributed by atoms with Gasteiger partial charge in [0.2, 0.25) is 5.91 Å². The van der Waals surface area contributed by atoms with Gasteiger partial charge in [-0.3, -0.25) is 9.48 Å². The fourth-order valence-electron chi connectivity index (χ4n) is 2.72. The Balaban J connectivity index is 1.62. The molecular weight excluding hydrogens is 304 g/mol. The van der Waals surface area contributed by atoms with Crippen LogP contribution in [-0.4, -0.2) is 39.0 Å². The van der Waals surface area contributed by atoms with Gasteiger partial charge in [-0.25, -0.2) is 4.98 Å². The molecule has 22 heavy (non-hydrogen) atoms. The Labute approximate surface area is 133 Å². The fourth-order valence-corrected chi connectivity index (χ4v) is 3.01. The van der Waals surface area contributed by atoms with Crippen molar-refractivity contribution in [1.29, 1.82) is 0 Å². The Morgan fingerprint density at radius 3 is 2.77 bits per heavy atom. The molecule has 1 aliphatic heterocycles. The van der Waals surface area contributed by atoms with E-state index in [1.54, 1.807) is 12.3 Å². The first-order chi connectivity index (χ1) is 10.6. The van der Waals surface area contributed by atoms with Crippen molar-refractivity contribution in [3.63, 3.8) is 0 Å². The normalized spacial score (nSPS) is 16.0. The summed E-state index contributed by atoms with van der Waals surface area (Å²) < 4.78 is 1.87. The quantitative estimate of drug-likeness (QED) is 0.918. The second-order valence-electron chi connectivity index (χ2n) is 5.45. The van der Waals surface area contributed by atoms with Gasteiger partial charge in [0.15, 0.2) is 0 Å². The van der Waals surface area contributed by atoms with Crippen LogP contribution in [0.1, 0.15) is 23.2 Å². The highest BCUT2D eigenvalue weighted by molar-refractivity contribution is 6.33. The minimum absolute atomic E-state index is 0.329. The Morgan fingerprint density at radius 2 is 2.18 bits per heavy atom. The Kier molecular flexibility index (Phi) is 4.24. The number of anilines is 1. The number of nitrogens with two attached hydrogens (primary N) is 1. The van der Waals surface area contributed by atoms with Crippen LogP contribution < -0.4 is 10.6 Å². The van der Waals surface area contributed by atoms with E-state index < -0.39 is 5.91 Å². The molecular formula is C14H17ClN6O. The van der Waals surface area contributed by atoms with E-state index in [4.69, 9.17) is 17.3 Å². The second-order valence-corrected chi connectivity index (χ2v) is 5.86. The summed E-state index contributed by atoms with van der Waals surface area (Å²) >= 11 is 6.22. The largest absolute Gasteiger partial charge is 0.366 e. The number of halogens is 1. The molecule has 1 aliphatic rings. The average molecular weight is 321 g/mol. The van der Waals surface area contributed by atoms with E-state index in [9.17, 15) is 4.79 Å². The summed E-state index contributed by atoms with van der Waals surface area (Å²) in [5.74, 6) is 0.764. The van der Waals surface area contributed by atoms with Gasteiger partial charge in [0, 0.05) is 32.0 Å². The van der Waals surface area contributed by atoms with Gasteiger partial charge in [-0.15, -0.1) is 5.10 Å². The highest BCUT2D eigenvalue weighted by atomic mass is 35.5. The third kappa shape index (κ3) is 3.19. The molecule has 2 N–H and O–H groups in total. The summed E-state index contributed by atoms with van der Waals surface area (Å²) in [6, 6.07) is 1.58. The molecule has 0 aromatic carbocycles. The minimum atomic E-state index is -0.521. The molecule has 0 radical (unpaired) electrons. The van der Waals surface area contributed by atoms with Crippen molar-refractivity contribution in [2.45, 2.75) is 19.4 Å². The number of hydrogen-bond acceptors (Lipinski definition) is 5. The third-order valence-electron chi connectivity index (χ3n) is 3.94. The van der Waals surface area contributed by atoms with Crippen molar-refractivity contribution in [2.24, 2.45) is 11.7 Å². The number of amides is 1. The lowest BCUT2D eigenvalue weighted by Crippen LogP contribution is -2.35. The molecule has 2 aromatic rings. The summed E-state index contributed by atoms with van der Waals surface area (Å²) in [4.78, 5) is 17.6. The van der Waals surface area contributed by atoms with Gasteiger partial charge >= 0.3 is 0 Å².